The van der Waals surface area contributed by atoms with Crippen LogP contribution in [-0.4, -0.2) is 35.3 Å². The van der Waals surface area contributed by atoms with Crippen molar-refractivity contribution < 1.29 is 33.4 Å². The number of esters is 1. The summed E-state index contributed by atoms with van der Waals surface area (Å²) < 4.78 is 24.4. The first kappa shape index (κ1) is 24.2. The number of phenols is 1. The Labute approximate surface area is 185 Å². The first-order valence-corrected chi connectivity index (χ1v) is 10.2. The molecule has 2 aromatic rings. The Morgan fingerprint density at radius 1 is 1.16 bits per heavy atom. The van der Waals surface area contributed by atoms with E-state index in [1.807, 2.05) is 0 Å². The predicted molar refractivity (Wildman–Crippen MR) is 116 cm³/mol. The average Bonchev–Trinajstić information content (AvgIpc) is 2.74. The maximum absolute atomic E-state index is 13.9. The zero-order chi connectivity index (χ0) is 23.0. The molecule has 31 heavy (non-hydrogen) atoms. The second kappa shape index (κ2) is 11.4. The van der Waals surface area contributed by atoms with Crippen LogP contribution in [0.1, 0.15) is 42.3 Å². The Hall–Kier alpha value is -3.07. The van der Waals surface area contributed by atoms with E-state index in [0.717, 1.165) is 6.07 Å². The predicted octanol–water partition coefficient (Wildman–Crippen LogP) is 4.52. The first-order chi connectivity index (χ1) is 14.7. The molecule has 0 aromatic heterocycles. The molecule has 0 aliphatic rings. The molecule has 2 rings (SSSR count). The van der Waals surface area contributed by atoms with Crippen LogP contribution in [0.3, 0.4) is 0 Å². The molecule has 0 fully saturated rings. The van der Waals surface area contributed by atoms with Crippen LogP contribution in [0.5, 0.6) is 5.75 Å². The van der Waals surface area contributed by atoms with Gasteiger partial charge in [0.05, 0.1) is 12.4 Å². The largest absolute Gasteiger partial charge is 0.505 e. The number of amides is 1. The van der Waals surface area contributed by atoms with Crippen LogP contribution in [0, 0.1) is 11.7 Å². The van der Waals surface area contributed by atoms with Crippen LogP contribution >= 0.6 is 12.6 Å². The highest BCUT2D eigenvalue weighted by molar-refractivity contribution is 7.81. The quantitative estimate of drug-likeness (QED) is 0.296. The number of nitrogens with one attached hydrogen (secondary N) is 1. The lowest BCUT2D eigenvalue weighted by Crippen LogP contribution is -2.23. The monoisotopic (exact) mass is 449 g/mol. The minimum atomic E-state index is -0.874. The van der Waals surface area contributed by atoms with Crippen LogP contribution in [0.15, 0.2) is 42.5 Å². The van der Waals surface area contributed by atoms with Crippen molar-refractivity contribution in [1.82, 2.24) is 0 Å². The number of phenolic OH excluding ortho intramolecular Hbond substituents is 1. The third kappa shape index (κ3) is 7.29. The van der Waals surface area contributed by atoms with Crippen molar-refractivity contribution in [3.05, 3.63) is 59.4 Å². The van der Waals surface area contributed by atoms with Crippen molar-refractivity contribution in [1.29, 1.82) is 0 Å². The molecule has 0 unspecified atom stereocenters. The van der Waals surface area contributed by atoms with Crippen molar-refractivity contribution in [3.8, 4) is 5.75 Å². The summed E-state index contributed by atoms with van der Waals surface area (Å²) in [5, 5.41) is 12.0. The summed E-state index contributed by atoms with van der Waals surface area (Å²) >= 11 is 3.83. The Morgan fingerprint density at radius 3 is 2.42 bits per heavy atom. The number of Topliss-reactive ketones (excluding diaryl/α,β-unsaturated/α-hetero) is 1. The van der Waals surface area contributed by atoms with Gasteiger partial charge in [-0.3, -0.25) is 14.9 Å². The average molecular weight is 450 g/mol. The van der Waals surface area contributed by atoms with E-state index in [4.69, 9.17) is 9.47 Å². The highest BCUT2D eigenvalue weighted by Gasteiger charge is 2.25. The van der Waals surface area contributed by atoms with Crippen LogP contribution in [0.2, 0.25) is 0 Å². The molecule has 0 aliphatic heterocycles. The van der Waals surface area contributed by atoms with Gasteiger partial charge in [0.25, 0.3) is 0 Å². The van der Waals surface area contributed by atoms with Crippen LogP contribution < -0.4 is 5.32 Å². The standard InChI is InChI=1S/C22H24FNO6S/c1-13(9-10-29-20(27)12-31)21(16-5-8-19(26)18(23)11-16)30-22(28)24-17-6-3-15(4-7-17)14(2)25/h3-8,11,13,21,26,31H,9-10,12H2,1-2H3,(H,24,28)/t13-,21-/m0/s1. The van der Waals surface area contributed by atoms with Gasteiger partial charge in [-0.1, -0.05) is 13.0 Å². The molecule has 0 saturated heterocycles. The number of hydrogen-bond acceptors (Lipinski definition) is 7. The number of rotatable bonds is 9. The highest BCUT2D eigenvalue weighted by Crippen LogP contribution is 2.31. The van der Waals surface area contributed by atoms with Gasteiger partial charge in [-0.2, -0.15) is 12.6 Å². The van der Waals surface area contributed by atoms with Gasteiger partial charge in [-0.05, 0) is 55.3 Å². The number of carbonyl (C=O) groups excluding carboxylic acids is 3. The van der Waals surface area contributed by atoms with Gasteiger partial charge < -0.3 is 14.6 Å². The lowest BCUT2D eigenvalue weighted by molar-refractivity contribution is -0.141. The summed E-state index contributed by atoms with van der Waals surface area (Å²) in [5.74, 6) is -2.34. The fourth-order valence-corrected chi connectivity index (χ4v) is 2.91. The number of ether oxygens (including phenoxy) is 2. The van der Waals surface area contributed by atoms with Gasteiger partial charge in [0, 0.05) is 17.2 Å². The van der Waals surface area contributed by atoms with E-state index in [-0.39, 0.29) is 24.1 Å². The number of hydrogen-bond donors (Lipinski definition) is 3. The summed E-state index contributed by atoms with van der Waals surface area (Å²) in [6.45, 7) is 3.28. The molecule has 0 saturated carbocycles. The first-order valence-electron chi connectivity index (χ1n) is 9.54. The third-order valence-electron chi connectivity index (χ3n) is 4.55. The molecule has 2 aromatic carbocycles. The van der Waals surface area contributed by atoms with Gasteiger partial charge >= 0.3 is 12.1 Å². The van der Waals surface area contributed by atoms with Crippen LogP contribution in [-0.2, 0) is 14.3 Å². The molecule has 1 amide bonds. The lowest BCUT2D eigenvalue weighted by Gasteiger charge is -2.25. The molecule has 2 N–H and O–H groups in total. The molecule has 0 spiro atoms. The highest BCUT2D eigenvalue weighted by atomic mass is 32.1. The van der Waals surface area contributed by atoms with Crippen LogP contribution in [0.4, 0.5) is 14.9 Å². The maximum Gasteiger partial charge on any atom is 0.412 e. The van der Waals surface area contributed by atoms with E-state index < -0.39 is 29.7 Å². The summed E-state index contributed by atoms with van der Waals surface area (Å²) in [7, 11) is 0. The van der Waals surface area contributed by atoms with Crippen molar-refractivity contribution in [3.63, 3.8) is 0 Å². The minimum absolute atomic E-state index is 0.0533. The van der Waals surface area contributed by atoms with Gasteiger partial charge in [0.15, 0.2) is 17.3 Å². The second-order valence-electron chi connectivity index (χ2n) is 6.94. The molecule has 0 heterocycles. The summed E-state index contributed by atoms with van der Waals surface area (Å²) in [6, 6.07) is 9.99. The number of benzene rings is 2. The molecule has 7 nitrogen and oxygen atoms in total. The molecule has 166 valence electrons. The zero-order valence-electron chi connectivity index (χ0n) is 17.1. The summed E-state index contributed by atoms with van der Waals surface area (Å²) in [5.41, 5.74) is 1.26. The van der Waals surface area contributed by atoms with Crippen molar-refractivity contribution in [2.75, 3.05) is 17.7 Å². The van der Waals surface area contributed by atoms with E-state index in [1.54, 1.807) is 31.2 Å². The Morgan fingerprint density at radius 2 is 1.84 bits per heavy atom. The van der Waals surface area contributed by atoms with Crippen molar-refractivity contribution in [2.45, 2.75) is 26.4 Å². The molecule has 0 bridgehead atoms. The van der Waals surface area contributed by atoms with Crippen molar-refractivity contribution >= 4 is 36.2 Å². The number of carbonyl (C=O) groups is 3. The zero-order valence-corrected chi connectivity index (χ0v) is 18.0. The number of anilines is 1. The molecular weight excluding hydrogens is 425 g/mol. The van der Waals surface area contributed by atoms with Crippen LogP contribution in [0.25, 0.3) is 0 Å². The number of thiol groups is 1. The molecule has 2 atom stereocenters. The Bertz CT molecular complexity index is 934. The SMILES string of the molecule is CC(=O)c1ccc(NC(=O)O[C@H](c2ccc(O)c(F)c2)[C@@H](C)CCOC(=O)CS)cc1. The van der Waals surface area contributed by atoms with Gasteiger partial charge in [-0.25, -0.2) is 9.18 Å². The van der Waals surface area contributed by atoms with E-state index in [2.05, 4.69) is 17.9 Å². The van der Waals surface area contributed by atoms with Gasteiger partial charge in [0.1, 0.15) is 6.10 Å². The fourth-order valence-electron chi connectivity index (χ4n) is 2.82. The smallest absolute Gasteiger partial charge is 0.412 e. The van der Waals surface area contributed by atoms with E-state index in [9.17, 15) is 23.9 Å². The number of halogens is 1. The number of ketones is 1. The minimum Gasteiger partial charge on any atom is -0.505 e. The molecular formula is C22H24FNO6S. The van der Waals surface area contributed by atoms with E-state index >= 15 is 0 Å². The molecule has 0 aliphatic carbocycles. The summed E-state index contributed by atoms with van der Waals surface area (Å²) in [6.07, 6.45) is -1.32. The van der Waals surface area contributed by atoms with Crippen molar-refractivity contribution in [2.24, 2.45) is 5.92 Å². The van der Waals surface area contributed by atoms with E-state index in [0.29, 0.717) is 23.2 Å². The third-order valence-corrected chi connectivity index (χ3v) is 4.81. The maximum atomic E-state index is 13.9. The molecule has 0 radical (unpaired) electrons. The lowest BCUT2D eigenvalue weighted by atomic mass is 9.94. The number of aromatic hydroxyl groups is 1. The van der Waals surface area contributed by atoms with E-state index in [1.165, 1.54) is 19.1 Å². The molecule has 9 heteroatoms. The summed E-state index contributed by atoms with van der Waals surface area (Å²) in [4.78, 5) is 35.1. The van der Waals surface area contributed by atoms with Gasteiger partial charge in [0.2, 0.25) is 0 Å². The normalized spacial score (nSPS) is 12.5. The van der Waals surface area contributed by atoms with Gasteiger partial charge in [-0.15, -0.1) is 0 Å². The topological polar surface area (TPSA) is 102 Å². The second-order valence-corrected chi connectivity index (χ2v) is 7.26. The fraction of sp³-hybridized carbons (Fsp3) is 0.318. The Kier molecular flexibility index (Phi) is 8.87. The Balaban J connectivity index is 2.12.